The van der Waals surface area contributed by atoms with E-state index in [9.17, 15) is 12.8 Å². The van der Waals surface area contributed by atoms with Crippen LogP contribution in [0.15, 0.2) is 71.6 Å². The minimum absolute atomic E-state index is 0.158. The van der Waals surface area contributed by atoms with Crippen LogP contribution in [0, 0.1) is 12.7 Å². The van der Waals surface area contributed by atoms with Crippen molar-refractivity contribution in [3.05, 3.63) is 89.2 Å². The van der Waals surface area contributed by atoms with E-state index in [4.69, 9.17) is 9.47 Å². The molecule has 0 heterocycles. The van der Waals surface area contributed by atoms with Crippen LogP contribution >= 0.6 is 0 Å². The molecule has 0 fully saturated rings. The fraction of sp³-hybridized carbons (Fsp3) is 0.182. The number of hydrogen-bond acceptors (Lipinski definition) is 4. The first-order valence-electron chi connectivity index (χ1n) is 8.98. The van der Waals surface area contributed by atoms with Crippen LogP contribution < -0.4 is 14.2 Å². The van der Waals surface area contributed by atoms with Gasteiger partial charge in [0.05, 0.1) is 12.0 Å². The molecule has 3 aromatic carbocycles. The zero-order chi connectivity index (χ0) is 20.9. The van der Waals surface area contributed by atoms with Crippen LogP contribution in [0.1, 0.15) is 16.7 Å². The van der Waals surface area contributed by atoms with E-state index < -0.39 is 10.0 Å². The predicted molar refractivity (Wildman–Crippen MR) is 109 cm³/mol. The van der Waals surface area contributed by atoms with E-state index in [1.807, 2.05) is 0 Å². The van der Waals surface area contributed by atoms with Gasteiger partial charge in [-0.25, -0.2) is 17.5 Å². The highest BCUT2D eigenvalue weighted by atomic mass is 32.2. The molecule has 0 unspecified atom stereocenters. The molecule has 0 aromatic heterocycles. The van der Waals surface area contributed by atoms with Crippen molar-refractivity contribution in [1.29, 1.82) is 0 Å². The summed E-state index contributed by atoms with van der Waals surface area (Å²) in [4.78, 5) is 0.190. The van der Waals surface area contributed by atoms with Crippen LogP contribution in [0.4, 0.5) is 4.39 Å². The maximum absolute atomic E-state index is 12.9. The molecule has 0 saturated carbocycles. The highest BCUT2D eigenvalue weighted by molar-refractivity contribution is 7.89. The number of methoxy groups -OCH3 is 1. The van der Waals surface area contributed by atoms with Gasteiger partial charge in [0, 0.05) is 6.54 Å². The molecule has 0 bridgehead atoms. The van der Waals surface area contributed by atoms with E-state index in [0.29, 0.717) is 18.1 Å². The van der Waals surface area contributed by atoms with Gasteiger partial charge in [0.15, 0.2) is 0 Å². The maximum atomic E-state index is 12.9. The van der Waals surface area contributed by atoms with Gasteiger partial charge in [-0.2, -0.15) is 0 Å². The van der Waals surface area contributed by atoms with E-state index in [0.717, 1.165) is 16.7 Å². The standard InChI is InChI=1S/C22H22FNO4S/c1-16-13-21(11-12-22(16)27-2)29(25,26)24-14-17-5-9-20(10-6-17)28-15-18-3-7-19(23)8-4-18/h3-13,24H,14-15H2,1-2H3. The van der Waals surface area contributed by atoms with Gasteiger partial charge in [-0.15, -0.1) is 0 Å². The van der Waals surface area contributed by atoms with Gasteiger partial charge in [0.2, 0.25) is 10.0 Å². The number of benzene rings is 3. The number of ether oxygens (including phenoxy) is 2. The third-order valence-electron chi connectivity index (χ3n) is 4.39. The van der Waals surface area contributed by atoms with E-state index in [2.05, 4.69) is 4.72 Å². The van der Waals surface area contributed by atoms with E-state index in [1.54, 1.807) is 62.6 Å². The minimum Gasteiger partial charge on any atom is -0.496 e. The lowest BCUT2D eigenvalue weighted by atomic mass is 10.2. The van der Waals surface area contributed by atoms with Crippen molar-refractivity contribution in [2.75, 3.05) is 7.11 Å². The summed E-state index contributed by atoms with van der Waals surface area (Å²) in [7, 11) is -2.09. The van der Waals surface area contributed by atoms with Crippen LogP contribution in [0.5, 0.6) is 11.5 Å². The molecular formula is C22H22FNO4S. The molecule has 0 radical (unpaired) electrons. The Labute approximate surface area is 170 Å². The topological polar surface area (TPSA) is 64.6 Å². The molecule has 0 atom stereocenters. The monoisotopic (exact) mass is 415 g/mol. The summed E-state index contributed by atoms with van der Waals surface area (Å²) in [6.45, 7) is 2.28. The van der Waals surface area contributed by atoms with Crippen molar-refractivity contribution >= 4 is 10.0 Å². The maximum Gasteiger partial charge on any atom is 0.240 e. The molecule has 3 aromatic rings. The summed E-state index contributed by atoms with van der Waals surface area (Å²) in [5.74, 6) is 0.997. The molecule has 0 aliphatic carbocycles. The van der Waals surface area contributed by atoms with Crippen LogP contribution in [-0.4, -0.2) is 15.5 Å². The van der Waals surface area contributed by atoms with Crippen molar-refractivity contribution in [3.8, 4) is 11.5 Å². The molecule has 152 valence electrons. The lowest BCUT2D eigenvalue weighted by Gasteiger charge is -2.10. The summed E-state index contributed by atoms with van der Waals surface area (Å²) in [6, 6.07) is 18.0. The second-order valence-corrected chi connectivity index (χ2v) is 8.28. The number of sulfonamides is 1. The summed E-state index contributed by atoms with van der Waals surface area (Å²) < 4.78 is 51.3. The normalized spacial score (nSPS) is 11.3. The highest BCUT2D eigenvalue weighted by Gasteiger charge is 2.15. The number of nitrogens with one attached hydrogen (secondary N) is 1. The van der Waals surface area contributed by atoms with Gasteiger partial charge < -0.3 is 9.47 Å². The van der Waals surface area contributed by atoms with Gasteiger partial charge in [-0.1, -0.05) is 24.3 Å². The number of aryl methyl sites for hydroxylation is 1. The molecule has 0 aliphatic heterocycles. The van der Waals surface area contributed by atoms with Gasteiger partial charge in [-0.05, 0) is 66.1 Å². The Morgan fingerprint density at radius 2 is 1.59 bits per heavy atom. The van der Waals surface area contributed by atoms with Crippen molar-refractivity contribution in [2.24, 2.45) is 0 Å². The molecule has 29 heavy (non-hydrogen) atoms. The van der Waals surface area contributed by atoms with Crippen LogP contribution in [0.2, 0.25) is 0 Å². The zero-order valence-corrected chi connectivity index (χ0v) is 17.0. The molecule has 0 saturated heterocycles. The van der Waals surface area contributed by atoms with Crippen molar-refractivity contribution in [1.82, 2.24) is 4.72 Å². The van der Waals surface area contributed by atoms with Crippen molar-refractivity contribution in [2.45, 2.75) is 25.0 Å². The summed E-state index contributed by atoms with van der Waals surface area (Å²) >= 11 is 0. The molecule has 1 N–H and O–H groups in total. The fourth-order valence-electron chi connectivity index (χ4n) is 2.73. The van der Waals surface area contributed by atoms with Crippen LogP contribution in [0.3, 0.4) is 0 Å². The molecule has 5 nitrogen and oxygen atoms in total. The average molecular weight is 415 g/mol. The quantitative estimate of drug-likeness (QED) is 0.599. The first kappa shape index (κ1) is 20.8. The lowest BCUT2D eigenvalue weighted by Crippen LogP contribution is -2.23. The van der Waals surface area contributed by atoms with Gasteiger partial charge in [0.1, 0.15) is 23.9 Å². The number of hydrogen-bond donors (Lipinski definition) is 1. The summed E-state index contributed by atoms with van der Waals surface area (Å²) in [6.07, 6.45) is 0. The molecule has 7 heteroatoms. The number of halogens is 1. The fourth-order valence-corrected chi connectivity index (χ4v) is 3.83. The van der Waals surface area contributed by atoms with E-state index in [-0.39, 0.29) is 17.3 Å². The van der Waals surface area contributed by atoms with Crippen molar-refractivity contribution in [3.63, 3.8) is 0 Å². The van der Waals surface area contributed by atoms with Crippen LogP contribution in [0.25, 0.3) is 0 Å². The van der Waals surface area contributed by atoms with E-state index in [1.165, 1.54) is 18.2 Å². The summed E-state index contributed by atoms with van der Waals surface area (Å²) in [5, 5.41) is 0. The first-order valence-corrected chi connectivity index (χ1v) is 10.5. The lowest BCUT2D eigenvalue weighted by molar-refractivity contribution is 0.306. The minimum atomic E-state index is -3.63. The Bertz CT molecular complexity index is 1060. The van der Waals surface area contributed by atoms with Crippen molar-refractivity contribution < 1.29 is 22.3 Å². The third kappa shape index (κ3) is 5.56. The van der Waals surface area contributed by atoms with Gasteiger partial charge in [0.25, 0.3) is 0 Å². The van der Waals surface area contributed by atoms with E-state index >= 15 is 0 Å². The van der Waals surface area contributed by atoms with Gasteiger partial charge in [-0.3, -0.25) is 0 Å². The second-order valence-electron chi connectivity index (χ2n) is 6.52. The largest absolute Gasteiger partial charge is 0.496 e. The third-order valence-corrected chi connectivity index (χ3v) is 5.78. The summed E-state index contributed by atoms with van der Waals surface area (Å²) in [5.41, 5.74) is 2.41. The van der Waals surface area contributed by atoms with Gasteiger partial charge >= 0.3 is 0 Å². The molecular weight excluding hydrogens is 393 g/mol. The molecule has 3 rings (SSSR count). The SMILES string of the molecule is COc1ccc(S(=O)(=O)NCc2ccc(OCc3ccc(F)cc3)cc2)cc1C. The smallest absolute Gasteiger partial charge is 0.240 e. The zero-order valence-electron chi connectivity index (χ0n) is 16.2. The van der Waals surface area contributed by atoms with Crippen LogP contribution in [-0.2, 0) is 23.2 Å². The second kappa shape index (κ2) is 9.07. The predicted octanol–water partition coefficient (Wildman–Crippen LogP) is 4.20. The average Bonchev–Trinajstić information content (AvgIpc) is 2.72. The Balaban J connectivity index is 1.57. The molecule has 0 aliphatic rings. The molecule has 0 spiro atoms. The Morgan fingerprint density at radius 1 is 0.931 bits per heavy atom. The Hall–Kier alpha value is -2.90. The highest BCUT2D eigenvalue weighted by Crippen LogP contribution is 2.21. The Kier molecular flexibility index (Phi) is 6.51. The number of rotatable bonds is 8. The first-order chi connectivity index (χ1) is 13.9. The Morgan fingerprint density at radius 3 is 2.21 bits per heavy atom. The molecule has 0 amide bonds.